The normalized spacial score (nSPS) is 11.3. The van der Waals surface area contributed by atoms with Crippen molar-refractivity contribution in [2.24, 2.45) is 0 Å². The van der Waals surface area contributed by atoms with Crippen molar-refractivity contribution in [2.45, 2.75) is 219 Å². The Kier molecular flexibility index (Phi) is 37.9. The summed E-state index contributed by atoms with van der Waals surface area (Å²) in [6.07, 6.45) is 40.3. The summed E-state index contributed by atoms with van der Waals surface area (Å²) in [5.74, 6) is -0.809. The molecule has 3 N–H and O–H groups in total. The van der Waals surface area contributed by atoms with Crippen molar-refractivity contribution in [1.29, 1.82) is 0 Å². The lowest BCUT2D eigenvalue weighted by molar-refractivity contribution is -0.138. The van der Waals surface area contributed by atoms with Crippen molar-refractivity contribution < 1.29 is 19.5 Å². The zero-order valence-corrected chi connectivity index (χ0v) is 32.8. The van der Waals surface area contributed by atoms with Crippen LogP contribution in [0.15, 0.2) is 0 Å². The van der Waals surface area contributed by atoms with Gasteiger partial charge in [-0.2, -0.15) is 0 Å². The van der Waals surface area contributed by atoms with E-state index >= 15 is 0 Å². The highest BCUT2D eigenvalue weighted by atomic mass is 16.4. The van der Waals surface area contributed by atoms with Crippen molar-refractivity contribution in [1.82, 2.24) is 15.5 Å². The lowest BCUT2D eigenvalue weighted by Gasteiger charge is -2.20. The van der Waals surface area contributed by atoms with Gasteiger partial charge in [-0.3, -0.25) is 19.3 Å². The Morgan fingerprint density at radius 1 is 0.408 bits per heavy atom. The van der Waals surface area contributed by atoms with E-state index in [4.69, 9.17) is 0 Å². The molecule has 0 atom stereocenters. The molecule has 49 heavy (non-hydrogen) atoms. The molecule has 0 aromatic heterocycles. The highest BCUT2D eigenvalue weighted by molar-refractivity contribution is 5.76. The Labute approximate surface area is 304 Å². The number of nitrogens with one attached hydrogen (secondary N) is 2. The van der Waals surface area contributed by atoms with Crippen molar-refractivity contribution in [3.63, 3.8) is 0 Å². The van der Waals surface area contributed by atoms with Crippen LogP contribution in [0.2, 0.25) is 0 Å². The second-order valence-corrected chi connectivity index (χ2v) is 14.8. The van der Waals surface area contributed by atoms with Gasteiger partial charge in [-0.1, -0.05) is 194 Å². The lowest BCUT2D eigenvalue weighted by Crippen LogP contribution is -2.41. The maximum atomic E-state index is 12.3. The van der Waals surface area contributed by atoms with Gasteiger partial charge in [0, 0.05) is 39.0 Å². The number of carboxylic acids is 1. The molecular formula is C42H83N3O4. The number of carboxylic acid groups (broad SMARTS) is 1. The summed E-state index contributed by atoms with van der Waals surface area (Å²) in [7, 11) is 0. The van der Waals surface area contributed by atoms with E-state index in [1.165, 1.54) is 167 Å². The Bertz CT molecular complexity index is 681. The second-order valence-electron chi connectivity index (χ2n) is 14.8. The van der Waals surface area contributed by atoms with Gasteiger partial charge < -0.3 is 15.7 Å². The minimum atomic E-state index is -0.895. The molecule has 0 aliphatic heterocycles. The SMILES string of the molecule is CCCCCCCCCCCCCCCCCC(=O)NCCN(CCNC(=O)CCCCCCCCCCCCCCCCC)CC(=O)O. The Morgan fingerprint density at radius 3 is 0.898 bits per heavy atom. The van der Waals surface area contributed by atoms with E-state index in [9.17, 15) is 19.5 Å². The number of amides is 2. The maximum Gasteiger partial charge on any atom is 0.317 e. The monoisotopic (exact) mass is 694 g/mol. The van der Waals surface area contributed by atoms with Crippen LogP contribution >= 0.6 is 0 Å². The predicted octanol–water partition coefficient (Wildman–Crippen LogP) is 11.1. The Hall–Kier alpha value is -1.63. The fraction of sp³-hybridized carbons (Fsp3) is 0.929. The van der Waals surface area contributed by atoms with Gasteiger partial charge in [0.2, 0.25) is 11.8 Å². The Balaban J connectivity index is 3.66. The topological polar surface area (TPSA) is 98.7 Å². The van der Waals surface area contributed by atoms with Crippen LogP contribution in [-0.2, 0) is 14.4 Å². The minimum absolute atomic E-state index is 0.0433. The van der Waals surface area contributed by atoms with Crippen LogP contribution in [0.1, 0.15) is 219 Å². The molecule has 0 unspecified atom stereocenters. The first-order valence-corrected chi connectivity index (χ1v) is 21.5. The summed E-state index contributed by atoms with van der Waals surface area (Å²) in [4.78, 5) is 37.6. The van der Waals surface area contributed by atoms with E-state index in [-0.39, 0.29) is 18.4 Å². The van der Waals surface area contributed by atoms with Crippen LogP contribution in [0.4, 0.5) is 0 Å². The van der Waals surface area contributed by atoms with Gasteiger partial charge in [0.05, 0.1) is 6.54 Å². The summed E-state index contributed by atoms with van der Waals surface area (Å²) in [6, 6.07) is 0. The first-order valence-electron chi connectivity index (χ1n) is 21.5. The van der Waals surface area contributed by atoms with Crippen LogP contribution in [0.5, 0.6) is 0 Å². The molecule has 0 spiro atoms. The molecular weight excluding hydrogens is 610 g/mol. The molecule has 2 amide bonds. The fourth-order valence-electron chi connectivity index (χ4n) is 6.66. The number of rotatable bonds is 40. The lowest BCUT2D eigenvalue weighted by atomic mass is 10.0. The van der Waals surface area contributed by atoms with E-state index in [1.807, 2.05) is 0 Å². The molecule has 0 radical (unpaired) electrons. The van der Waals surface area contributed by atoms with Gasteiger partial charge in [-0.25, -0.2) is 0 Å². The molecule has 0 aromatic rings. The smallest absolute Gasteiger partial charge is 0.317 e. The second kappa shape index (κ2) is 39.2. The van der Waals surface area contributed by atoms with Crippen molar-refractivity contribution in [3.05, 3.63) is 0 Å². The molecule has 0 aliphatic carbocycles. The zero-order chi connectivity index (χ0) is 35.9. The number of carbonyl (C=O) groups is 3. The molecule has 0 aliphatic rings. The summed E-state index contributed by atoms with van der Waals surface area (Å²) in [6.45, 7) is 6.23. The van der Waals surface area contributed by atoms with Gasteiger partial charge in [0.1, 0.15) is 0 Å². The fourth-order valence-corrected chi connectivity index (χ4v) is 6.66. The van der Waals surface area contributed by atoms with Crippen molar-refractivity contribution in [2.75, 3.05) is 32.7 Å². The zero-order valence-electron chi connectivity index (χ0n) is 32.8. The molecule has 7 nitrogen and oxygen atoms in total. The molecule has 0 heterocycles. The minimum Gasteiger partial charge on any atom is -0.480 e. The van der Waals surface area contributed by atoms with Crippen LogP contribution < -0.4 is 10.6 Å². The standard InChI is InChI=1S/C42H83N3O4/c1-3-5-7-9-11-13-15-17-19-21-23-25-27-29-31-33-40(46)43-35-37-45(39-42(48)49)38-36-44-41(47)34-32-30-28-26-24-22-20-18-16-14-12-10-8-6-4-2/h3-39H2,1-2H3,(H,43,46)(H,44,47)(H,48,49). The molecule has 0 fully saturated rings. The summed E-state index contributed by atoms with van der Waals surface area (Å²) >= 11 is 0. The third-order valence-electron chi connectivity index (χ3n) is 9.87. The van der Waals surface area contributed by atoms with Gasteiger partial charge >= 0.3 is 5.97 Å². The summed E-state index contributed by atoms with van der Waals surface area (Å²) in [5, 5.41) is 15.2. The van der Waals surface area contributed by atoms with Crippen molar-refractivity contribution >= 4 is 17.8 Å². The van der Waals surface area contributed by atoms with Crippen LogP contribution in [0, 0.1) is 0 Å². The van der Waals surface area contributed by atoms with E-state index in [2.05, 4.69) is 24.5 Å². The first-order chi connectivity index (χ1) is 24.0. The average Bonchev–Trinajstić information content (AvgIpc) is 3.08. The number of nitrogens with zero attached hydrogens (tertiary/aromatic N) is 1. The molecule has 290 valence electrons. The number of hydrogen-bond donors (Lipinski definition) is 3. The highest BCUT2D eigenvalue weighted by Crippen LogP contribution is 2.15. The number of aliphatic carboxylic acids is 1. The summed E-state index contributed by atoms with van der Waals surface area (Å²) < 4.78 is 0. The van der Waals surface area contributed by atoms with Gasteiger partial charge in [-0.15, -0.1) is 0 Å². The van der Waals surface area contributed by atoms with E-state index in [0.717, 1.165) is 25.7 Å². The van der Waals surface area contributed by atoms with E-state index < -0.39 is 5.97 Å². The number of carbonyl (C=O) groups excluding carboxylic acids is 2. The third-order valence-corrected chi connectivity index (χ3v) is 9.87. The van der Waals surface area contributed by atoms with E-state index in [0.29, 0.717) is 39.0 Å². The van der Waals surface area contributed by atoms with Gasteiger partial charge in [0.15, 0.2) is 0 Å². The Morgan fingerprint density at radius 2 is 0.653 bits per heavy atom. The maximum absolute atomic E-state index is 12.3. The molecule has 0 saturated heterocycles. The van der Waals surface area contributed by atoms with E-state index in [1.54, 1.807) is 4.90 Å². The number of hydrogen-bond acceptors (Lipinski definition) is 4. The molecule has 0 aromatic carbocycles. The predicted molar refractivity (Wildman–Crippen MR) is 209 cm³/mol. The third kappa shape index (κ3) is 39.0. The van der Waals surface area contributed by atoms with Gasteiger partial charge in [0.25, 0.3) is 0 Å². The largest absolute Gasteiger partial charge is 0.480 e. The molecule has 0 rings (SSSR count). The molecule has 0 saturated carbocycles. The number of unbranched alkanes of at least 4 members (excludes halogenated alkanes) is 28. The quantitative estimate of drug-likeness (QED) is 0.0555. The summed E-state index contributed by atoms with van der Waals surface area (Å²) in [5.41, 5.74) is 0. The molecule has 0 bridgehead atoms. The van der Waals surface area contributed by atoms with Crippen LogP contribution in [0.3, 0.4) is 0 Å². The molecule has 7 heteroatoms. The first kappa shape index (κ1) is 47.4. The van der Waals surface area contributed by atoms with Crippen molar-refractivity contribution in [3.8, 4) is 0 Å². The van der Waals surface area contributed by atoms with Gasteiger partial charge in [-0.05, 0) is 12.8 Å². The van der Waals surface area contributed by atoms with Crippen LogP contribution in [-0.4, -0.2) is 60.5 Å². The van der Waals surface area contributed by atoms with Crippen LogP contribution in [0.25, 0.3) is 0 Å². The highest BCUT2D eigenvalue weighted by Gasteiger charge is 2.11. The average molecular weight is 694 g/mol.